The molecule has 1 heteroatoms. The Hall–Kier alpha value is -4.23. The van der Waals surface area contributed by atoms with Crippen LogP contribution in [0.5, 0.6) is 0 Å². The van der Waals surface area contributed by atoms with Crippen LogP contribution in [0.25, 0.3) is 55.1 Å². The normalized spacial score (nSPS) is 11.2. The number of hydrogen-bond donors (Lipinski definition) is 0. The Bertz CT molecular complexity index is 1600. The second kappa shape index (κ2) is 8.03. The summed E-state index contributed by atoms with van der Waals surface area (Å²) in [5.41, 5.74) is 8.06. The smallest absolute Gasteiger partial charge is 0.0711 e. The molecule has 0 aliphatic heterocycles. The van der Waals surface area contributed by atoms with E-state index in [1.807, 2.05) is 6.07 Å². The molecule has 0 aliphatic carbocycles. The SMILES string of the molecule is Cc1cc(-c2ccc(-c3cccc4c3ccc3ccccc34)cc2)cc(-c2ccccc2)n1. The van der Waals surface area contributed by atoms with Gasteiger partial charge in [0.15, 0.2) is 0 Å². The van der Waals surface area contributed by atoms with E-state index in [1.54, 1.807) is 0 Å². The van der Waals surface area contributed by atoms with Crippen LogP contribution in [0.3, 0.4) is 0 Å². The van der Waals surface area contributed by atoms with Crippen molar-refractivity contribution >= 4 is 21.5 Å². The van der Waals surface area contributed by atoms with E-state index in [0.29, 0.717) is 0 Å². The van der Waals surface area contributed by atoms with E-state index in [2.05, 4.69) is 122 Å². The van der Waals surface area contributed by atoms with Gasteiger partial charge in [0.25, 0.3) is 0 Å². The number of benzene rings is 5. The molecule has 0 unspecified atom stereocenters. The number of rotatable bonds is 3. The van der Waals surface area contributed by atoms with Crippen molar-refractivity contribution in [3.8, 4) is 33.5 Å². The van der Waals surface area contributed by atoms with E-state index in [4.69, 9.17) is 4.98 Å². The Morgan fingerprint density at radius 3 is 2.03 bits per heavy atom. The molecule has 156 valence electrons. The predicted octanol–water partition coefficient (Wildman–Crippen LogP) is 8.70. The van der Waals surface area contributed by atoms with Crippen LogP contribution in [-0.4, -0.2) is 4.98 Å². The molecular formula is C32H23N. The van der Waals surface area contributed by atoms with Crippen LogP contribution in [0, 0.1) is 6.92 Å². The molecule has 0 amide bonds. The minimum Gasteiger partial charge on any atom is -0.253 e. The summed E-state index contributed by atoms with van der Waals surface area (Å²) >= 11 is 0. The van der Waals surface area contributed by atoms with Crippen molar-refractivity contribution < 1.29 is 0 Å². The zero-order chi connectivity index (χ0) is 22.2. The van der Waals surface area contributed by atoms with Gasteiger partial charge in [-0.3, -0.25) is 4.98 Å². The lowest BCUT2D eigenvalue weighted by molar-refractivity contribution is 1.21. The standard InChI is InChI=1S/C32H23N/c1-22-20-27(21-32(33-22)26-9-3-2-4-10-26)23-14-16-25(17-15-23)29-12-7-13-30-28-11-6-5-8-24(28)18-19-31(29)30/h2-21H,1H3. The Morgan fingerprint density at radius 1 is 0.455 bits per heavy atom. The van der Waals surface area contributed by atoms with Gasteiger partial charge in [-0.1, -0.05) is 109 Å². The van der Waals surface area contributed by atoms with Crippen molar-refractivity contribution in [2.24, 2.45) is 0 Å². The first-order valence-electron chi connectivity index (χ1n) is 11.3. The summed E-state index contributed by atoms with van der Waals surface area (Å²) in [4.78, 5) is 4.75. The molecule has 6 rings (SSSR count). The van der Waals surface area contributed by atoms with Gasteiger partial charge in [0.05, 0.1) is 5.69 Å². The minimum atomic E-state index is 1.01. The highest BCUT2D eigenvalue weighted by Gasteiger charge is 2.09. The third-order valence-corrected chi connectivity index (χ3v) is 6.34. The molecule has 0 aliphatic rings. The Balaban J connectivity index is 1.42. The molecule has 0 N–H and O–H groups in total. The Morgan fingerprint density at radius 2 is 1.18 bits per heavy atom. The zero-order valence-corrected chi connectivity index (χ0v) is 18.5. The van der Waals surface area contributed by atoms with E-state index in [1.165, 1.54) is 43.8 Å². The summed E-state index contributed by atoms with van der Waals surface area (Å²) in [7, 11) is 0. The first-order chi connectivity index (χ1) is 16.3. The maximum Gasteiger partial charge on any atom is 0.0711 e. The lowest BCUT2D eigenvalue weighted by Gasteiger charge is -2.11. The molecule has 1 aromatic heterocycles. The van der Waals surface area contributed by atoms with E-state index in [0.717, 1.165) is 17.0 Å². The summed E-state index contributed by atoms with van der Waals surface area (Å²) in [5, 5.41) is 5.16. The molecule has 1 heterocycles. The van der Waals surface area contributed by atoms with Gasteiger partial charge in [-0.25, -0.2) is 0 Å². The van der Waals surface area contributed by atoms with E-state index in [9.17, 15) is 0 Å². The zero-order valence-electron chi connectivity index (χ0n) is 18.5. The number of nitrogens with zero attached hydrogens (tertiary/aromatic N) is 1. The highest BCUT2D eigenvalue weighted by Crippen LogP contribution is 2.34. The summed E-state index contributed by atoms with van der Waals surface area (Å²) in [6.07, 6.45) is 0. The lowest BCUT2D eigenvalue weighted by Crippen LogP contribution is -1.90. The number of hydrogen-bond acceptors (Lipinski definition) is 1. The molecule has 6 aromatic rings. The molecule has 1 nitrogen and oxygen atoms in total. The maximum atomic E-state index is 4.75. The molecule has 0 saturated heterocycles. The van der Waals surface area contributed by atoms with E-state index in [-0.39, 0.29) is 0 Å². The number of fused-ring (bicyclic) bond motifs is 3. The average molecular weight is 422 g/mol. The number of aryl methyl sites for hydroxylation is 1. The number of aromatic nitrogens is 1. The van der Waals surface area contributed by atoms with Crippen LogP contribution in [0.4, 0.5) is 0 Å². The van der Waals surface area contributed by atoms with Gasteiger partial charge in [0.2, 0.25) is 0 Å². The molecule has 0 fully saturated rings. The second-order valence-electron chi connectivity index (χ2n) is 8.51. The van der Waals surface area contributed by atoms with Gasteiger partial charge >= 0.3 is 0 Å². The van der Waals surface area contributed by atoms with Crippen LogP contribution >= 0.6 is 0 Å². The van der Waals surface area contributed by atoms with Crippen LogP contribution in [-0.2, 0) is 0 Å². The summed E-state index contributed by atoms with van der Waals surface area (Å²) < 4.78 is 0. The van der Waals surface area contributed by atoms with Gasteiger partial charge in [-0.05, 0) is 62.9 Å². The monoisotopic (exact) mass is 421 g/mol. The quantitative estimate of drug-likeness (QED) is 0.260. The van der Waals surface area contributed by atoms with E-state index >= 15 is 0 Å². The van der Waals surface area contributed by atoms with Gasteiger partial charge in [-0.15, -0.1) is 0 Å². The molecule has 0 bridgehead atoms. The van der Waals surface area contributed by atoms with Crippen LogP contribution < -0.4 is 0 Å². The topological polar surface area (TPSA) is 12.9 Å². The molecule has 0 atom stereocenters. The largest absolute Gasteiger partial charge is 0.253 e. The Labute approximate surface area is 194 Å². The van der Waals surface area contributed by atoms with Crippen LogP contribution in [0.1, 0.15) is 5.69 Å². The van der Waals surface area contributed by atoms with Crippen LogP contribution in [0.15, 0.2) is 121 Å². The summed E-state index contributed by atoms with van der Waals surface area (Å²) in [5.74, 6) is 0. The number of pyridine rings is 1. The fourth-order valence-corrected chi connectivity index (χ4v) is 4.73. The predicted molar refractivity (Wildman–Crippen MR) is 140 cm³/mol. The fraction of sp³-hybridized carbons (Fsp3) is 0.0312. The van der Waals surface area contributed by atoms with Gasteiger partial charge in [0.1, 0.15) is 0 Å². The lowest BCUT2D eigenvalue weighted by atomic mass is 9.93. The highest BCUT2D eigenvalue weighted by atomic mass is 14.7. The summed E-state index contributed by atoms with van der Waals surface area (Å²) in [6, 6.07) is 43.3. The van der Waals surface area contributed by atoms with Crippen molar-refractivity contribution in [2.75, 3.05) is 0 Å². The maximum absolute atomic E-state index is 4.75. The molecule has 0 radical (unpaired) electrons. The van der Waals surface area contributed by atoms with Gasteiger partial charge < -0.3 is 0 Å². The average Bonchev–Trinajstić information content (AvgIpc) is 2.88. The fourth-order valence-electron chi connectivity index (χ4n) is 4.73. The third-order valence-electron chi connectivity index (χ3n) is 6.34. The highest BCUT2D eigenvalue weighted by molar-refractivity contribution is 6.12. The molecular weight excluding hydrogens is 398 g/mol. The summed E-state index contributed by atoms with van der Waals surface area (Å²) in [6.45, 7) is 2.06. The van der Waals surface area contributed by atoms with Gasteiger partial charge in [0, 0.05) is 11.3 Å². The van der Waals surface area contributed by atoms with Crippen molar-refractivity contribution in [3.05, 3.63) is 127 Å². The van der Waals surface area contributed by atoms with Crippen molar-refractivity contribution in [1.29, 1.82) is 0 Å². The molecule has 33 heavy (non-hydrogen) atoms. The van der Waals surface area contributed by atoms with Crippen molar-refractivity contribution in [1.82, 2.24) is 4.98 Å². The molecule has 0 spiro atoms. The van der Waals surface area contributed by atoms with E-state index < -0.39 is 0 Å². The molecule has 0 saturated carbocycles. The van der Waals surface area contributed by atoms with Crippen molar-refractivity contribution in [2.45, 2.75) is 6.92 Å². The first kappa shape index (κ1) is 19.5. The first-order valence-corrected chi connectivity index (χ1v) is 11.3. The van der Waals surface area contributed by atoms with Crippen LogP contribution in [0.2, 0.25) is 0 Å². The van der Waals surface area contributed by atoms with Gasteiger partial charge in [-0.2, -0.15) is 0 Å². The second-order valence-corrected chi connectivity index (χ2v) is 8.51. The molecule has 5 aromatic carbocycles. The Kier molecular flexibility index (Phi) is 4.74. The van der Waals surface area contributed by atoms with Crippen molar-refractivity contribution in [3.63, 3.8) is 0 Å². The third kappa shape index (κ3) is 3.58. The minimum absolute atomic E-state index is 1.01.